The van der Waals surface area contributed by atoms with Gasteiger partial charge in [0.05, 0.1) is 6.04 Å². The second-order valence-corrected chi connectivity index (χ2v) is 6.54. The van der Waals surface area contributed by atoms with Crippen molar-refractivity contribution in [2.24, 2.45) is 0 Å². The van der Waals surface area contributed by atoms with Crippen molar-refractivity contribution in [3.63, 3.8) is 0 Å². The Morgan fingerprint density at radius 2 is 2.04 bits per heavy atom. The van der Waals surface area contributed by atoms with Gasteiger partial charge in [-0.15, -0.1) is 0 Å². The normalized spacial score (nSPS) is 18.9. The molecule has 2 heterocycles. The van der Waals surface area contributed by atoms with Gasteiger partial charge in [-0.25, -0.2) is 0 Å². The van der Waals surface area contributed by atoms with Gasteiger partial charge in [0, 0.05) is 37.2 Å². The van der Waals surface area contributed by atoms with Crippen molar-refractivity contribution in [3.05, 3.63) is 40.4 Å². The van der Waals surface area contributed by atoms with Crippen molar-refractivity contribution >= 4 is 33.5 Å². The quantitative estimate of drug-likeness (QED) is 0.856. The van der Waals surface area contributed by atoms with Crippen LogP contribution in [0, 0.1) is 0 Å². The standard InChI is InChI=1S/C16H21BrN6/c1-19-14-9-15(21-16(18)20-14)23-8-7-22(2)13(10-23)11-5-3-4-6-12(11)17/h3-6,9,13H,7-8,10H2,1-2H3,(H3,18,19,20,21)/t13-/m0/s1. The lowest BCUT2D eigenvalue weighted by Gasteiger charge is -2.40. The highest BCUT2D eigenvalue weighted by atomic mass is 79.9. The molecule has 2 aromatic rings. The minimum atomic E-state index is 0.295. The third kappa shape index (κ3) is 3.40. The van der Waals surface area contributed by atoms with E-state index in [2.05, 4.69) is 66.3 Å². The van der Waals surface area contributed by atoms with Gasteiger partial charge in [0.1, 0.15) is 11.6 Å². The lowest BCUT2D eigenvalue weighted by atomic mass is 10.0. The molecule has 0 aliphatic carbocycles. The molecular formula is C16H21BrN6. The van der Waals surface area contributed by atoms with Crippen molar-refractivity contribution in [2.75, 3.05) is 49.7 Å². The van der Waals surface area contributed by atoms with Gasteiger partial charge in [0.15, 0.2) is 0 Å². The molecule has 1 saturated heterocycles. The number of nitrogen functional groups attached to an aromatic ring is 1. The predicted octanol–water partition coefficient (Wildman–Crippen LogP) is 2.36. The number of halogens is 1. The van der Waals surface area contributed by atoms with E-state index in [0.717, 1.165) is 35.7 Å². The Morgan fingerprint density at radius 3 is 2.78 bits per heavy atom. The van der Waals surface area contributed by atoms with E-state index in [-0.39, 0.29) is 0 Å². The Kier molecular flexibility index (Phi) is 4.68. The number of likely N-dealkylation sites (N-methyl/N-ethyl adjacent to an activating group) is 1. The lowest BCUT2D eigenvalue weighted by molar-refractivity contribution is 0.220. The number of hydrogen-bond donors (Lipinski definition) is 2. The molecule has 1 atom stereocenters. The zero-order valence-electron chi connectivity index (χ0n) is 13.3. The SMILES string of the molecule is CNc1cc(N2CCN(C)[C@H](c3ccccc3Br)C2)nc(N)n1. The highest BCUT2D eigenvalue weighted by Crippen LogP contribution is 2.31. The molecule has 23 heavy (non-hydrogen) atoms. The zero-order chi connectivity index (χ0) is 16.4. The third-order valence-electron chi connectivity index (χ3n) is 4.22. The molecule has 1 aliphatic rings. The maximum atomic E-state index is 5.83. The lowest BCUT2D eigenvalue weighted by Crippen LogP contribution is -2.47. The van der Waals surface area contributed by atoms with Crippen LogP contribution in [0.2, 0.25) is 0 Å². The van der Waals surface area contributed by atoms with E-state index >= 15 is 0 Å². The van der Waals surface area contributed by atoms with E-state index in [1.54, 1.807) is 0 Å². The smallest absolute Gasteiger partial charge is 0.223 e. The maximum absolute atomic E-state index is 5.83. The summed E-state index contributed by atoms with van der Waals surface area (Å²) in [6.45, 7) is 2.74. The molecule has 7 heteroatoms. The number of aromatic nitrogens is 2. The van der Waals surface area contributed by atoms with E-state index in [0.29, 0.717) is 12.0 Å². The maximum Gasteiger partial charge on any atom is 0.223 e. The zero-order valence-corrected chi connectivity index (χ0v) is 14.9. The summed E-state index contributed by atoms with van der Waals surface area (Å²) in [4.78, 5) is 13.2. The highest BCUT2D eigenvalue weighted by Gasteiger charge is 2.28. The largest absolute Gasteiger partial charge is 0.373 e. The second kappa shape index (κ2) is 6.72. The fraction of sp³-hybridized carbons (Fsp3) is 0.375. The molecule has 3 N–H and O–H groups in total. The van der Waals surface area contributed by atoms with Crippen molar-refractivity contribution in [3.8, 4) is 0 Å². The fourth-order valence-corrected chi connectivity index (χ4v) is 3.45. The average molecular weight is 377 g/mol. The number of rotatable bonds is 3. The molecule has 6 nitrogen and oxygen atoms in total. The van der Waals surface area contributed by atoms with E-state index < -0.39 is 0 Å². The van der Waals surface area contributed by atoms with Crippen LogP contribution in [-0.4, -0.2) is 48.6 Å². The summed E-state index contributed by atoms with van der Waals surface area (Å²) in [6, 6.07) is 10.6. The van der Waals surface area contributed by atoms with Gasteiger partial charge in [0.25, 0.3) is 0 Å². The van der Waals surface area contributed by atoms with Crippen LogP contribution in [0.4, 0.5) is 17.6 Å². The summed E-state index contributed by atoms with van der Waals surface area (Å²) < 4.78 is 1.14. The number of nitrogens with zero attached hydrogens (tertiary/aromatic N) is 4. The van der Waals surface area contributed by atoms with Gasteiger partial charge in [-0.3, -0.25) is 4.90 Å². The molecule has 1 aromatic carbocycles. The summed E-state index contributed by atoms with van der Waals surface area (Å²) in [5, 5.41) is 3.03. The number of hydrogen-bond acceptors (Lipinski definition) is 6. The van der Waals surface area contributed by atoms with E-state index in [9.17, 15) is 0 Å². The van der Waals surface area contributed by atoms with Crippen molar-refractivity contribution in [1.82, 2.24) is 14.9 Å². The molecule has 0 unspecified atom stereocenters. The monoisotopic (exact) mass is 376 g/mol. The van der Waals surface area contributed by atoms with Crippen molar-refractivity contribution < 1.29 is 0 Å². The summed E-state index contributed by atoms with van der Waals surface area (Å²) in [6.07, 6.45) is 0. The summed E-state index contributed by atoms with van der Waals surface area (Å²) >= 11 is 3.67. The van der Waals surface area contributed by atoms with Gasteiger partial charge < -0.3 is 16.0 Å². The van der Waals surface area contributed by atoms with Crippen LogP contribution in [0.3, 0.4) is 0 Å². The van der Waals surface area contributed by atoms with Gasteiger partial charge in [0.2, 0.25) is 5.95 Å². The molecule has 0 bridgehead atoms. The summed E-state index contributed by atoms with van der Waals surface area (Å²) in [5.74, 6) is 1.90. The molecule has 0 amide bonds. The molecule has 1 aromatic heterocycles. The molecule has 0 spiro atoms. The Hall–Kier alpha value is -1.86. The van der Waals surface area contributed by atoms with Crippen LogP contribution in [-0.2, 0) is 0 Å². The molecule has 0 saturated carbocycles. The first-order valence-electron chi connectivity index (χ1n) is 7.60. The van der Waals surface area contributed by atoms with Crippen LogP contribution in [0.25, 0.3) is 0 Å². The molecule has 0 radical (unpaired) electrons. The Balaban J connectivity index is 1.89. The summed E-state index contributed by atoms with van der Waals surface area (Å²) in [7, 11) is 3.99. The first kappa shape index (κ1) is 16.0. The average Bonchev–Trinajstić information content (AvgIpc) is 2.55. The number of benzene rings is 1. The topological polar surface area (TPSA) is 70.3 Å². The molecule has 3 rings (SSSR count). The summed E-state index contributed by atoms with van der Waals surface area (Å²) in [5.41, 5.74) is 7.12. The second-order valence-electron chi connectivity index (χ2n) is 5.68. The number of nitrogens with one attached hydrogen (secondary N) is 1. The highest BCUT2D eigenvalue weighted by molar-refractivity contribution is 9.10. The molecule has 122 valence electrons. The van der Waals surface area contributed by atoms with Crippen LogP contribution in [0.5, 0.6) is 0 Å². The first-order chi connectivity index (χ1) is 11.1. The van der Waals surface area contributed by atoms with Gasteiger partial charge in [-0.2, -0.15) is 9.97 Å². The number of anilines is 3. The van der Waals surface area contributed by atoms with Crippen LogP contribution in [0.15, 0.2) is 34.8 Å². The number of nitrogens with two attached hydrogens (primary N) is 1. The Morgan fingerprint density at radius 1 is 1.26 bits per heavy atom. The van der Waals surface area contributed by atoms with E-state index in [1.807, 2.05) is 19.2 Å². The van der Waals surface area contributed by atoms with Crippen LogP contribution < -0.4 is 16.0 Å². The van der Waals surface area contributed by atoms with E-state index in [4.69, 9.17) is 5.73 Å². The van der Waals surface area contributed by atoms with Gasteiger partial charge in [-0.1, -0.05) is 34.1 Å². The first-order valence-corrected chi connectivity index (χ1v) is 8.39. The van der Waals surface area contributed by atoms with Crippen LogP contribution >= 0.6 is 15.9 Å². The Labute approximate surface area is 144 Å². The van der Waals surface area contributed by atoms with E-state index in [1.165, 1.54) is 5.56 Å². The van der Waals surface area contributed by atoms with Gasteiger partial charge in [-0.05, 0) is 18.7 Å². The molecule has 1 fully saturated rings. The Bertz CT molecular complexity index is 692. The minimum absolute atomic E-state index is 0.295. The number of piperazine rings is 1. The van der Waals surface area contributed by atoms with Gasteiger partial charge >= 0.3 is 0 Å². The third-order valence-corrected chi connectivity index (χ3v) is 4.94. The van der Waals surface area contributed by atoms with Crippen molar-refractivity contribution in [1.29, 1.82) is 0 Å². The van der Waals surface area contributed by atoms with Crippen LogP contribution in [0.1, 0.15) is 11.6 Å². The predicted molar refractivity (Wildman–Crippen MR) is 97.7 cm³/mol. The molecular weight excluding hydrogens is 356 g/mol. The minimum Gasteiger partial charge on any atom is -0.373 e. The molecule has 1 aliphatic heterocycles. The van der Waals surface area contributed by atoms with Crippen molar-refractivity contribution in [2.45, 2.75) is 6.04 Å². The fourth-order valence-electron chi connectivity index (χ4n) is 2.91.